The summed E-state index contributed by atoms with van der Waals surface area (Å²) in [6, 6.07) is 5.73. The molecular weight excluding hydrogens is 350 g/mol. The molecule has 1 aromatic rings. The monoisotopic (exact) mass is 369 g/mol. The van der Waals surface area contributed by atoms with Crippen LogP contribution >= 0.6 is 28.1 Å². The van der Waals surface area contributed by atoms with Gasteiger partial charge < -0.3 is 16.0 Å². The van der Waals surface area contributed by atoms with E-state index >= 15 is 0 Å². The van der Waals surface area contributed by atoms with Crippen LogP contribution in [0.4, 0.5) is 5.69 Å². The van der Waals surface area contributed by atoms with Gasteiger partial charge >= 0.3 is 0 Å². The van der Waals surface area contributed by atoms with Crippen LogP contribution in [0.2, 0.25) is 0 Å². The van der Waals surface area contributed by atoms with Crippen LogP contribution in [-0.4, -0.2) is 35.4 Å². The van der Waals surface area contributed by atoms with E-state index in [1.54, 1.807) is 0 Å². The minimum absolute atomic E-state index is 0.237. The molecule has 1 aliphatic rings. The van der Waals surface area contributed by atoms with Crippen molar-refractivity contribution < 1.29 is 4.79 Å². The van der Waals surface area contributed by atoms with Crippen molar-refractivity contribution in [2.75, 3.05) is 25.0 Å². The Hall–Kier alpha value is -1.14. The lowest BCUT2D eigenvalue weighted by Crippen LogP contribution is -2.36. The summed E-state index contributed by atoms with van der Waals surface area (Å²) in [5, 5.41) is 3.26. The maximum atomic E-state index is 12.0. The maximum absolute atomic E-state index is 12.0. The van der Waals surface area contributed by atoms with Gasteiger partial charge in [0.25, 0.3) is 0 Å². The van der Waals surface area contributed by atoms with Crippen molar-refractivity contribution in [3.8, 4) is 0 Å². The first-order valence-corrected chi connectivity index (χ1v) is 8.39. The smallest absolute Gasteiger partial charge is 0.224 e. The number of nitrogens with two attached hydrogens (primary N) is 1. The van der Waals surface area contributed by atoms with Crippen molar-refractivity contribution in [3.05, 3.63) is 28.2 Å². The lowest BCUT2D eigenvalue weighted by Gasteiger charge is -2.26. The van der Waals surface area contributed by atoms with Crippen LogP contribution in [0.1, 0.15) is 31.2 Å². The Labute approximate surface area is 139 Å². The van der Waals surface area contributed by atoms with Crippen LogP contribution in [-0.2, 0) is 4.79 Å². The highest BCUT2D eigenvalue weighted by atomic mass is 79.9. The molecule has 0 saturated carbocycles. The molecule has 2 rings (SSSR count). The van der Waals surface area contributed by atoms with Gasteiger partial charge in [0.2, 0.25) is 5.91 Å². The SMILES string of the molecule is NC(=S)c1ccc(NCCC(=O)N2CCCCC2)cc1Br. The van der Waals surface area contributed by atoms with Crippen molar-refractivity contribution in [2.24, 2.45) is 5.73 Å². The number of nitrogens with zero attached hydrogens (tertiary/aromatic N) is 1. The predicted molar refractivity (Wildman–Crippen MR) is 93.6 cm³/mol. The largest absolute Gasteiger partial charge is 0.389 e. The third-order valence-electron chi connectivity index (χ3n) is 3.61. The van der Waals surface area contributed by atoms with Gasteiger partial charge in [-0.1, -0.05) is 12.2 Å². The number of benzene rings is 1. The fourth-order valence-electron chi connectivity index (χ4n) is 2.44. The molecule has 1 fully saturated rings. The zero-order valence-corrected chi connectivity index (χ0v) is 14.3. The van der Waals surface area contributed by atoms with Crippen molar-refractivity contribution in [3.63, 3.8) is 0 Å². The number of thiocarbonyl (C=S) groups is 1. The molecule has 1 aromatic carbocycles. The summed E-state index contributed by atoms with van der Waals surface area (Å²) < 4.78 is 0.863. The summed E-state index contributed by atoms with van der Waals surface area (Å²) in [5.41, 5.74) is 7.39. The number of likely N-dealkylation sites (tertiary alicyclic amines) is 1. The minimum atomic E-state index is 0.237. The number of rotatable bonds is 5. The van der Waals surface area contributed by atoms with Crippen molar-refractivity contribution in [1.82, 2.24) is 4.90 Å². The van der Waals surface area contributed by atoms with Gasteiger partial charge in [-0.05, 0) is 53.4 Å². The molecular formula is C15H20BrN3OS. The summed E-state index contributed by atoms with van der Waals surface area (Å²) in [6.45, 7) is 2.45. The molecule has 0 bridgehead atoms. The number of nitrogens with one attached hydrogen (secondary N) is 1. The Bertz CT molecular complexity index is 530. The highest BCUT2D eigenvalue weighted by Gasteiger charge is 2.15. The number of halogens is 1. The number of carbonyl (C=O) groups excluding carboxylic acids is 1. The van der Waals surface area contributed by atoms with Crippen LogP contribution in [0.3, 0.4) is 0 Å². The molecule has 1 heterocycles. The number of piperidine rings is 1. The molecule has 21 heavy (non-hydrogen) atoms. The van der Waals surface area contributed by atoms with Crippen LogP contribution in [0.25, 0.3) is 0 Å². The molecule has 0 aromatic heterocycles. The number of anilines is 1. The zero-order chi connectivity index (χ0) is 15.2. The van der Waals surface area contributed by atoms with E-state index in [-0.39, 0.29) is 5.91 Å². The fraction of sp³-hybridized carbons (Fsp3) is 0.467. The van der Waals surface area contributed by atoms with Gasteiger partial charge in [-0.25, -0.2) is 0 Å². The molecule has 4 nitrogen and oxygen atoms in total. The van der Waals surface area contributed by atoms with Crippen LogP contribution in [0, 0.1) is 0 Å². The maximum Gasteiger partial charge on any atom is 0.224 e. The normalized spacial score (nSPS) is 14.8. The third-order valence-corrected chi connectivity index (χ3v) is 4.49. The third kappa shape index (κ3) is 4.68. The number of hydrogen-bond donors (Lipinski definition) is 2. The lowest BCUT2D eigenvalue weighted by molar-refractivity contribution is -0.131. The van der Waals surface area contributed by atoms with E-state index < -0.39 is 0 Å². The summed E-state index contributed by atoms with van der Waals surface area (Å²) in [6.07, 6.45) is 4.03. The van der Waals surface area contributed by atoms with Gasteiger partial charge in [-0.3, -0.25) is 4.79 Å². The second-order valence-corrected chi connectivity index (χ2v) is 6.47. The molecule has 0 spiro atoms. The summed E-state index contributed by atoms with van der Waals surface area (Å²) in [5.74, 6) is 0.237. The number of carbonyl (C=O) groups is 1. The quantitative estimate of drug-likeness (QED) is 0.783. The van der Waals surface area contributed by atoms with Gasteiger partial charge in [0.15, 0.2) is 0 Å². The van der Waals surface area contributed by atoms with E-state index in [9.17, 15) is 4.79 Å². The second kappa shape index (κ2) is 7.75. The average molecular weight is 370 g/mol. The molecule has 0 unspecified atom stereocenters. The molecule has 0 radical (unpaired) electrons. The molecule has 6 heteroatoms. The van der Waals surface area contributed by atoms with Crippen LogP contribution < -0.4 is 11.1 Å². The van der Waals surface area contributed by atoms with Crippen LogP contribution in [0.5, 0.6) is 0 Å². The Balaban J connectivity index is 1.81. The Morgan fingerprint density at radius 3 is 2.67 bits per heavy atom. The first-order chi connectivity index (χ1) is 10.1. The van der Waals surface area contributed by atoms with Gasteiger partial charge in [0, 0.05) is 41.8 Å². The highest BCUT2D eigenvalue weighted by Crippen LogP contribution is 2.21. The van der Waals surface area contributed by atoms with Gasteiger partial charge in [0.05, 0.1) is 0 Å². The number of hydrogen-bond acceptors (Lipinski definition) is 3. The van der Waals surface area contributed by atoms with E-state index in [1.165, 1.54) is 6.42 Å². The van der Waals surface area contributed by atoms with E-state index in [0.717, 1.165) is 41.7 Å². The van der Waals surface area contributed by atoms with Gasteiger partial charge in [0.1, 0.15) is 4.99 Å². The Morgan fingerprint density at radius 2 is 2.05 bits per heavy atom. The molecule has 0 atom stereocenters. The minimum Gasteiger partial charge on any atom is -0.389 e. The van der Waals surface area contributed by atoms with E-state index in [0.29, 0.717) is 18.0 Å². The predicted octanol–water partition coefficient (Wildman–Crippen LogP) is 2.90. The second-order valence-electron chi connectivity index (χ2n) is 5.18. The van der Waals surface area contributed by atoms with Crippen molar-refractivity contribution >= 4 is 44.7 Å². The molecule has 1 aliphatic heterocycles. The Morgan fingerprint density at radius 1 is 1.33 bits per heavy atom. The summed E-state index contributed by atoms with van der Waals surface area (Å²) in [7, 11) is 0. The first-order valence-electron chi connectivity index (χ1n) is 7.19. The van der Waals surface area contributed by atoms with Crippen LogP contribution in [0.15, 0.2) is 22.7 Å². The number of amides is 1. The standard InChI is InChI=1S/C15H20BrN3OS/c16-13-10-11(4-5-12(13)15(17)21)18-7-6-14(20)19-8-2-1-3-9-19/h4-5,10,18H,1-3,6-9H2,(H2,17,21). The topological polar surface area (TPSA) is 58.4 Å². The molecule has 1 saturated heterocycles. The van der Waals surface area contributed by atoms with E-state index in [4.69, 9.17) is 18.0 Å². The van der Waals surface area contributed by atoms with E-state index in [1.807, 2.05) is 23.1 Å². The van der Waals surface area contributed by atoms with Crippen molar-refractivity contribution in [1.29, 1.82) is 0 Å². The summed E-state index contributed by atoms with van der Waals surface area (Å²) in [4.78, 5) is 14.4. The summed E-state index contributed by atoms with van der Waals surface area (Å²) >= 11 is 8.41. The highest BCUT2D eigenvalue weighted by molar-refractivity contribution is 9.10. The lowest BCUT2D eigenvalue weighted by atomic mass is 10.1. The average Bonchev–Trinajstić information content (AvgIpc) is 2.47. The van der Waals surface area contributed by atoms with Gasteiger partial charge in [-0.2, -0.15) is 0 Å². The fourth-order valence-corrected chi connectivity index (χ4v) is 3.34. The zero-order valence-electron chi connectivity index (χ0n) is 11.9. The molecule has 3 N–H and O–H groups in total. The Kier molecular flexibility index (Phi) is 5.99. The van der Waals surface area contributed by atoms with Crippen molar-refractivity contribution in [2.45, 2.75) is 25.7 Å². The molecule has 114 valence electrons. The molecule has 1 amide bonds. The first kappa shape index (κ1) is 16.2. The van der Waals surface area contributed by atoms with E-state index in [2.05, 4.69) is 21.2 Å². The van der Waals surface area contributed by atoms with Gasteiger partial charge in [-0.15, -0.1) is 0 Å². The molecule has 0 aliphatic carbocycles.